The zero-order valence-electron chi connectivity index (χ0n) is 14.0. The van der Waals surface area contributed by atoms with E-state index in [1.165, 1.54) is 12.7 Å². The molecule has 5 nitrogen and oxygen atoms in total. The SMILES string of the molecule is CCN(C(=O)COC)c1ccc2cccc(Cc3cnc[nH]3)c2c1. The Morgan fingerprint density at radius 1 is 1.29 bits per heavy atom. The first-order chi connectivity index (χ1) is 11.7. The second-order valence-corrected chi connectivity index (χ2v) is 5.65. The number of hydrogen-bond donors (Lipinski definition) is 1. The molecule has 124 valence electrons. The molecule has 0 bridgehead atoms. The zero-order valence-corrected chi connectivity index (χ0v) is 14.0. The molecule has 0 aliphatic heterocycles. The molecule has 1 N–H and O–H groups in total. The highest BCUT2D eigenvalue weighted by Crippen LogP contribution is 2.26. The summed E-state index contributed by atoms with van der Waals surface area (Å²) in [5.41, 5.74) is 3.16. The summed E-state index contributed by atoms with van der Waals surface area (Å²) in [6.07, 6.45) is 4.30. The first-order valence-electron chi connectivity index (χ1n) is 8.01. The first-order valence-corrected chi connectivity index (χ1v) is 8.01. The number of carbonyl (C=O) groups excluding carboxylic acids is 1. The highest BCUT2D eigenvalue weighted by molar-refractivity contribution is 5.97. The summed E-state index contributed by atoms with van der Waals surface area (Å²) in [6.45, 7) is 2.66. The third kappa shape index (κ3) is 3.31. The molecule has 0 aliphatic carbocycles. The van der Waals surface area contributed by atoms with Crippen molar-refractivity contribution in [2.24, 2.45) is 0 Å². The fraction of sp³-hybridized carbons (Fsp3) is 0.263. The van der Waals surface area contributed by atoms with Gasteiger partial charge < -0.3 is 14.6 Å². The number of aromatic amines is 1. The smallest absolute Gasteiger partial charge is 0.252 e. The van der Waals surface area contributed by atoms with Crippen molar-refractivity contribution in [1.82, 2.24) is 9.97 Å². The monoisotopic (exact) mass is 323 g/mol. The number of methoxy groups -OCH3 is 1. The predicted molar refractivity (Wildman–Crippen MR) is 95.2 cm³/mol. The fourth-order valence-corrected chi connectivity index (χ4v) is 2.94. The van der Waals surface area contributed by atoms with E-state index < -0.39 is 0 Å². The van der Waals surface area contributed by atoms with Crippen LogP contribution in [0.15, 0.2) is 48.9 Å². The quantitative estimate of drug-likeness (QED) is 0.758. The molecule has 0 spiro atoms. The van der Waals surface area contributed by atoms with Crippen LogP contribution in [0.1, 0.15) is 18.2 Å². The van der Waals surface area contributed by atoms with E-state index in [0.717, 1.165) is 28.6 Å². The van der Waals surface area contributed by atoms with E-state index in [1.54, 1.807) is 11.2 Å². The third-order valence-corrected chi connectivity index (χ3v) is 4.09. The van der Waals surface area contributed by atoms with E-state index in [9.17, 15) is 4.79 Å². The minimum absolute atomic E-state index is 0.0367. The second-order valence-electron chi connectivity index (χ2n) is 5.65. The van der Waals surface area contributed by atoms with Crippen molar-refractivity contribution in [3.05, 3.63) is 60.2 Å². The van der Waals surface area contributed by atoms with Crippen LogP contribution in [0.3, 0.4) is 0 Å². The molecule has 0 aliphatic rings. The number of nitrogens with one attached hydrogen (secondary N) is 1. The van der Waals surface area contributed by atoms with Crippen molar-refractivity contribution in [3.63, 3.8) is 0 Å². The molecule has 24 heavy (non-hydrogen) atoms. The number of carbonyl (C=O) groups is 1. The second kappa shape index (κ2) is 7.27. The molecule has 5 heteroatoms. The maximum Gasteiger partial charge on any atom is 0.252 e. The number of H-pyrrole nitrogens is 1. The Bertz CT molecular complexity index is 828. The number of nitrogens with zero attached hydrogens (tertiary/aromatic N) is 2. The number of aromatic nitrogens is 2. The van der Waals surface area contributed by atoms with Gasteiger partial charge in [-0.05, 0) is 35.4 Å². The number of anilines is 1. The molecule has 1 amide bonds. The number of amides is 1. The van der Waals surface area contributed by atoms with Crippen molar-refractivity contribution in [1.29, 1.82) is 0 Å². The predicted octanol–water partition coefficient (Wildman–Crippen LogP) is 3.15. The van der Waals surface area contributed by atoms with Gasteiger partial charge in [0.25, 0.3) is 5.91 Å². The van der Waals surface area contributed by atoms with Crippen LogP contribution in [0.4, 0.5) is 5.69 Å². The van der Waals surface area contributed by atoms with Crippen LogP contribution in [0, 0.1) is 0 Å². The van der Waals surface area contributed by atoms with E-state index in [1.807, 2.05) is 19.2 Å². The zero-order chi connectivity index (χ0) is 16.9. The molecule has 1 aromatic heterocycles. The number of ether oxygens (including phenoxy) is 1. The summed E-state index contributed by atoms with van der Waals surface area (Å²) in [5, 5.41) is 2.30. The summed E-state index contributed by atoms with van der Waals surface area (Å²) < 4.78 is 4.99. The lowest BCUT2D eigenvalue weighted by molar-refractivity contribution is -0.122. The lowest BCUT2D eigenvalue weighted by Gasteiger charge is -2.21. The topological polar surface area (TPSA) is 58.2 Å². The van der Waals surface area contributed by atoms with Crippen molar-refractivity contribution >= 4 is 22.4 Å². The van der Waals surface area contributed by atoms with Gasteiger partial charge in [-0.25, -0.2) is 4.98 Å². The Balaban J connectivity index is 2.00. The molecule has 0 saturated carbocycles. The normalized spacial score (nSPS) is 10.9. The highest BCUT2D eigenvalue weighted by atomic mass is 16.5. The van der Waals surface area contributed by atoms with E-state index in [2.05, 4.69) is 40.3 Å². The fourth-order valence-electron chi connectivity index (χ4n) is 2.94. The number of benzene rings is 2. The van der Waals surface area contributed by atoms with E-state index in [0.29, 0.717) is 6.54 Å². The molecule has 1 heterocycles. The Hall–Kier alpha value is -2.66. The maximum atomic E-state index is 12.2. The Morgan fingerprint density at radius 2 is 2.17 bits per heavy atom. The highest BCUT2D eigenvalue weighted by Gasteiger charge is 2.14. The number of rotatable bonds is 6. The van der Waals surface area contributed by atoms with Crippen molar-refractivity contribution in [3.8, 4) is 0 Å². The van der Waals surface area contributed by atoms with Crippen LogP contribution in [-0.2, 0) is 16.0 Å². The van der Waals surface area contributed by atoms with Crippen LogP contribution in [0.25, 0.3) is 10.8 Å². The summed E-state index contributed by atoms with van der Waals surface area (Å²) >= 11 is 0. The van der Waals surface area contributed by atoms with Crippen LogP contribution in [0.2, 0.25) is 0 Å². The van der Waals surface area contributed by atoms with Crippen LogP contribution >= 0.6 is 0 Å². The van der Waals surface area contributed by atoms with Crippen LogP contribution in [0.5, 0.6) is 0 Å². The Labute approximate surface area is 141 Å². The molecule has 3 aromatic rings. The molecule has 0 unspecified atom stereocenters. The number of imidazole rings is 1. The van der Waals surface area contributed by atoms with Gasteiger partial charge in [0.05, 0.1) is 6.33 Å². The van der Waals surface area contributed by atoms with Gasteiger partial charge in [0, 0.05) is 37.7 Å². The lowest BCUT2D eigenvalue weighted by Crippen LogP contribution is -2.33. The van der Waals surface area contributed by atoms with Gasteiger partial charge in [0.2, 0.25) is 0 Å². The summed E-state index contributed by atoms with van der Waals surface area (Å²) in [5.74, 6) is -0.0367. The van der Waals surface area contributed by atoms with Gasteiger partial charge in [-0.3, -0.25) is 4.79 Å². The molecule has 0 saturated heterocycles. The molecule has 0 radical (unpaired) electrons. The van der Waals surface area contributed by atoms with Gasteiger partial charge in [0.15, 0.2) is 0 Å². The van der Waals surface area contributed by atoms with Crippen molar-refractivity contribution < 1.29 is 9.53 Å². The van der Waals surface area contributed by atoms with Gasteiger partial charge in [-0.1, -0.05) is 24.3 Å². The van der Waals surface area contributed by atoms with Crippen LogP contribution in [-0.4, -0.2) is 36.1 Å². The number of likely N-dealkylation sites (N-methyl/N-ethyl adjacent to an activating group) is 1. The molecule has 3 rings (SSSR count). The van der Waals surface area contributed by atoms with E-state index in [4.69, 9.17) is 4.74 Å². The standard InChI is InChI=1S/C19H21N3O2/c1-3-22(19(23)12-24-2)17-8-7-14-5-4-6-15(18(14)10-17)9-16-11-20-13-21-16/h4-8,10-11,13H,3,9,12H2,1-2H3,(H,20,21). The Kier molecular flexibility index (Phi) is 4.91. The summed E-state index contributed by atoms with van der Waals surface area (Å²) in [7, 11) is 1.54. The molecular formula is C19H21N3O2. The van der Waals surface area contributed by atoms with Gasteiger partial charge >= 0.3 is 0 Å². The number of hydrogen-bond acceptors (Lipinski definition) is 3. The Morgan fingerprint density at radius 3 is 2.88 bits per heavy atom. The average Bonchev–Trinajstić information content (AvgIpc) is 3.09. The van der Waals surface area contributed by atoms with Crippen molar-refractivity contribution in [2.75, 3.05) is 25.2 Å². The van der Waals surface area contributed by atoms with Gasteiger partial charge in [0.1, 0.15) is 6.61 Å². The number of fused-ring (bicyclic) bond motifs is 1. The maximum absolute atomic E-state index is 12.2. The van der Waals surface area contributed by atoms with E-state index in [-0.39, 0.29) is 12.5 Å². The molecular weight excluding hydrogens is 302 g/mol. The van der Waals surface area contributed by atoms with E-state index >= 15 is 0 Å². The third-order valence-electron chi connectivity index (χ3n) is 4.09. The minimum Gasteiger partial charge on any atom is -0.375 e. The molecule has 0 fully saturated rings. The van der Waals surface area contributed by atoms with Crippen molar-refractivity contribution in [2.45, 2.75) is 13.3 Å². The first kappa shape index (κ1) is 16.2. The summed E-state index contributed by atoms with van der Waals surface area (Å²) in [4.78, 5) is 21.2. The van der Waals surface area contributed by atoms with Crippen LogP contribution < -0.4 is 4.90 Å². The largest absolute Gasteiger partial charge is 0.375 e. The minimum atomic E-state index is -0.0367. The molecule has 2 aromatic carbocycles. The summed E-state index contributed by atoms with van der Waals surface area (Å²) in [6, 6.07) is 12.4. The lowest BCUT2D eigenvalue weighted by atomic mass is 10.00. The average molecular weight is 323 g/mol. The van der Waals surface area contributed by atoms with Gasteiger partial charge in [-0.15, -0.1) is 0 Å². The molecule has 0 atom stereocenters. The van der Waals surface area contributed by atoms with Gasteiger partial charge in [-0.2, -0.15) is 0 Å².